The van der Waals surface area contributed by atoms with Gasteiger partial charge >= 0.3 is 0 Å². The Morgan fingerprint density at radius 2 is 1.65 bits per heavy atom. The minimum Gasteiger partial charge on any atom is -0.306 e. The van der Waals surface area contributed by atoms with Gasteiger partial charge in [0.05, 0.1) is 11.4 Å². The number of carbonyl (C=O) groups excluding carboxylic acids is 1. The zero-order valence-electron chi connectivity index (χ0n) is 18.0. The van der Waals surface area contributed by atoms with Crippen LogP contribution in [0.25, 0.3) is 16.9 Å². The van der Waals surface area contributed by atoms with E-state index in [1.165, 1.54) is 5.56 Å². The molecule has 1 N–H and O–H groups in total. The van der Waals surface area contributed by atoms with Crippen LogP contribution < -0.4 is 5.32 Å². The first kappa shape index (κ1) is 20.6. The van der Waals surface area contributed by atoms with Crippen LogP contribution in [-0.4, -0.2) is 15.7 Å². The van der Waals surface area contributed by atoms with Crippen molar-refractivity contribution >= 4 is 11.7 Å². The Morgan fingerprint density at radius 3 is 2.35 bits per heavy atom. The summed E-state index contributed by atoms with van der Waals surface area (Å²) in [6.45, 7) is 4.23. The highest BCUT2D eigenvalue weighted by Crippen LogP contribution is 2.26. The number of unbranched alkanes of at least 4 members (excludes halogenated alkanes) is 1. The van der Waals surface area contributed by atoms with E-state index >= 15 is 0 Å². The molecule has 0 atom stereocenters. The standard InChI is InChI=1S/C27H27N3O/c1-3-4-11-21-15-17-23(18-16-21)27(31)28-26-19-24(22-12-6-5-7-13-22)29-30(26)25-14-9-8-10-20(25)2/h5-10,12-19H,3-4,11H2,1-2H3,(H,28,31). The van der Waals surface area contributed by atoms with Crippen molar-refractivity contribution in [1.29, 1.82) is 0 Å². The van der Waals surface area contributed by atoms with Crippen molar-refractivity contribution in [3.8, 4) is 16.9 Å². The molecular formula is C27H27N3O. The Balaban J connectivity index is 1.66. The molecule has 1 amide bonds. The van der Waals surface area contributed by atoms with Gasteiger partial charge in [-0.25, -0.2) is 4.68 Å². The molecule has 0 fully saturated rings. The summed E-state index contributed by atoms with van der Waals surface area (Å²) in [5.41, 5.74) is 5.74. The SMILES string of the molecule is CCCCc1ccc(C(=O)Nc2cc(-c3ccccc3)nn2-c2ccccc2C)cc1. The summed E-state index contributed by atoms with van der Waals surface area (Å²) in [6, 6.07) is 27.8. The van der Waals surface area contributed by atoms with E-state index in [0.717, 1.165) is 41.8 Å². The molecule has 0 aliphatic heterocycles. The molecular weight excluding hydrogens is 382 g/mol. The summed E-state index contributed by atoms with van der Waals surface area (Å²) >= 11 is 0. The third-order valence-corrected chi connectivity index (χ3v) is 5.40. The summed E-state index contributed by atoms with van der Waals surface area (Å²) in [5, 5.41) is 7.87. The summed E-state index contributed by atoms with van der Waals surface area (Å²) < 4.78 is 1.81. The molecule has 4 aromatic rings. The van der Waals surface area contributed by atoms with Gasteiger partial charge in [0, 0.05) is 17.2 Å². The topological polar surface area (TPSA) is 46.9 Å². The number of hydrogen-bond donors (Lipinski definition) is 1. The first-order chi connectivity index (χ1) is 15.2. The molecule has 3 aromatic carbocycles. The number of carbonyl (C=O) groups is 1. The molecule has 1 aromatic heterocycles. The third kappa shape index (κ3) is 4.75. The number of aryl methyl sites for hydroxylation is 2. The molecule has 4 nitrogen and oxygen atoms in total. The molecule has 156 valence electrons. The van der Waals surface area contributed by atoms with Crippen LogP contribution in [0.3, 0.4) is 0 Å². The maximum atomic E-state index is 13.0. The number of hydrogen-bond acceptors (Lipinski definition) is 2. The van der Waals surface area contributed by atoms with Gasteiger partial charge in [0.25, 0.3) is 5.91 Å². The normalized spacial score (nSPS) is 10.8. The van der Waals surface area contributed by atoms with Crippen molar-refractivity contribution in [1.82, 2.24) is 9.78 Å². The average molecular weight is 410 g/mol. The van der Waals surface area contributed by atoms with Crippen molar-refractivity contribution in [2.24, 2.45) is 0 Å². The smallest absolute Gasteiger partial charge is 0.256 e. The monoisotopic (exact) mass is 409 g/mol. The molecule has 0 saturated carbocycles. The van der Waals surface area contributed by atoms with Gasteiger partial charge in [-0.1, -0.05) is 74.0 Å². The van der Waals surface area contributed by atoms with Crippen LogP contribution in [-0.2, 0) is 6.42 Å². The lowest BCUT2D eigenvalue weighted by atomic mass is 10.1. The molecule has 0 spiro atoms. The van der Waals surface area contributed by atoms with Crippen molar-refractivity contribution in [3.63, 3.8) is 0 Å². The minimum atomic E-state index is -0.142. The molecule has 4 heteroatoms. The molecule has 0 unspecified atom stereocenters. The number of rotatable bonds is 7. The van der Waals surface area contributed by atoms with E-state index in [-0.39, 0.29) is 5.91 Å². The molecule has 31 heavy (non-hydrogen) atoms. The van der Waals surface area contributed by atoms with Gasteiger partial charge in [0.2, 0.25) is 0 Å². The van der Waals surface area contributed by atoms with Crippen LogP contribution in [0.15, 0.2) is 84.9 Å². The third-order valence-electron chi connectivity index (χ3n) is 5.40. The molecule has 4 rings (SSSR count). The lowest BCUT2D eigenvalue weighted by Crippen LogP contribution is -2.15. The number of nitrogens with zero attached hydrogens (tertiary/aromatic N) is 2. The number of para-hydroxylation sites is 1. The number of aromatic nitrogens is 2. The number of nitrogens with one attached hydrogen (secondary N) is 1. The van der Waals surface area contributed by atoms with Crippen LogP contribution in [0.2, 0.25) is 0 Å². The molecule has 1 heterocycles. The predicted octanol–water partition coefficient (Wildman–Crippen LogP) is 6.44. The number of amides is 1. The van der Waals surface area contributed by atoms with Crippen LogP contribution in [0.1, 0.15) is 41.3 Å². The minimum absolute atomic E-state index is 0.142. The Bertz CT molecular complexity index is 1160. The average Bonchev–Trinajstić information content (AvgIpc) is 3.22. The first-order valence-corrected chi connectivity index (χ1v) is 10.8. The lowest BCUT2D eigenvalue weighted by Gasteiger charge is -2.11. The molecule has 0 saturated heterocycles. The van der Waals surface area contributed by atoms with Gasteiger partial charge in [-0.15, -0.1) is 0 Å². The fourth-order valence-electron chi connectivity index (χ4n) is 3.60. The molecule has 0 radical (unpaired) electrons. The van der Waals surface area contributed by atoms with Crippen molar-refractivity contribution in [3.05, 3.63) is 102 Å². The van der Waals surface area contributed by atoms with Crippen molar-refractivity contribution in [2.75, 3.05) is 5.32 Å². The van der Waals surface area contributed by atoms with E-state index in [9.17, 15) is 4.79 Å². The van der Waals surface area contributed by atoms with Crippen LogP contribution in [0.4, 0.5) is 5.82 Å². The highest BCUT2D eigenvalue weighted by atomic mass is 16.1. The maximum Gasteiger partial charge on any atom is 0.256 e. The van der Waals surface area contributed by atoms with Crippen LogP contribution in [0.5, 0.6) is 0 Å². The van der Waals surface area contributed by atoms with Crippen molar-refractivity contribution < 1.29 is 4.79 Å². The Morgan fingerprint density at radius 1 is 0.935 bits per heavy atom. The number of benzene rings is 3. The first-order valence-electron chi connectivity index (χ1n) is 10.8. The second-order valence-corrected chi connectivity index (χ2v) is 7.73. The predicted molar refractivity (Wildman–Crippen MR) is 127 cm³/mol. The van der Waals surface area contributed by atoms with Crippen LogP contribution >= 0.6 is 0 Å². The van der Waals surface area contributed by atoms with E-state index in [0.29, 0.717) is 11.4 Å². The molecule has 0 bridgehead atoms. The van der Waals surface area contributed by atoms with Gasteiger partial charge in [-0.2, -0.15) is 5.10 Å². The fraction of sp³-hybridized carbons (Fsp3) is 0.185. The Labute approximate surface area is 183 Å². The number of anilines is 1. The molecule has 0 aliphatic carbocycles. The summed E-state index contributed by atoms with van der Waals surface area (Å²) in [5.74, 6) is 0.504. The van der Waals surface area contributed by atoms with E-state index in [1.54, 1.807) is 0 Å². The second kappa shape index (κ2) is 9.43. The van der Waals surface area contributed by atoms with Gasteiger partial charge in [0.15, 0.2) is 0 Å². The highest BCUT2D eigenvalue weighted by Gasteiger charge is 2.16. The summed E-state index contributed by atoms with van der Waals surface area (Å²) in [4.78, 5) is 13.0. The van der Waals surface area contributed by atoms with Gasteiger partial charge < -0.3 is 5.32 Å². The maximum absolute atomic E-state index is 13.0. The van der Waals surface area contributed by atoms with E-state index in [2.05, 4.69) is 12.2 Å². The Kier molecular flexibility index (Phi) is 6.27. The summed E-state index contributed by atoms with van der Waals surface area (Å²) in [6.07, 6.45) is 3.36. The highest BCUT2D eigenvalue weighted by molar-refractivity contribution is 6.04. The Hall–Kier alpha value is -3.66. The van der Waals surface area contributed by atoms with E-state index in [4.69, 9.17) is 5.10 Å². The largest absolute Gasteiger partial charge is 0.306 e. The van der Waals surface area contributed by atoms with Crippen molar-refractivity contribution in [2.45, 2.75) is 33.1 Å². The quantitative estimate of drug-likeness (QED) is 0.382. The second-order valence-electron chi connectivity index (χ2n) is 7.73. The zero-order valence-corrected chi connectivity index (χ0v) is 18.0. The van der Waals surface area contributed by atoms with E-state index < -0.39 is 0 Å². The fourth-order valence-corrected chi connectivity index (χ4v) is 3.60. The van der Waals surface area contributed by atoms with E-state index in [1.807, 2.05) is 96.5 Å². The lowest BCUT2D eigenvalue weighted by molar-refractivity contribution is 0.102. The van der Waals surface area contributed by atoms with Gasteiger partial charge in [-0.3, -0.25) is 4.79 Å². The van der Waals surface area contributed by atoms with Crippen LogP contribution in [0, 0.1) is 6.92 Å². The van der Waals surface area contributed by atoms with Gasteiger partial charge in [0.1, 0.15) is 5.82 Å². The zero-order chi connectivity index (χ0) is 21.6. The molecule has 0 aliphatic rings. The van der Waals surface area contributed by atoms with Gasteiger partial charge in [-0.05, 0) is 49.1 Å². The summed E-state index contributed by atoms with van der Waals surface area (Å²) in [7, 11) is 0.